The monoisotopic (exact) mass is 538 g/mol. The molecule has 5 rings (SSSR count). The Morgan fingerprint density at radius 1 is 0.625 bits per heavy atom. The molecule has 3 unspecified atom stereocenters. The zero-order valence-electron chi connectivity index (χ0n) is 23.0. The van der Waals surface area contributed by atoms with E-state index < -0.39 is 6.10 Å². The topological polar surface area (TPSA) is 96.5 Å². The van der Waals surface area contributed by atoms with E-state index in [1.54, 1.807) is 14.2 Å². The van der Waals surface area contributed by atoms with Crippen molar-refractivity contribution in [3.8, 4) is 11.5 Å². The standard InChI is InChI=1S/C34H32O5.H2O/c1-21(25-9-11-29-19-31(37-3)15-13-27(29)17-25)33(35)23-5-7-24(8-6-23)34(39-36)22(2)26-10-12-30-20-32(38-4)16-14-28(30)18-26;/h5-22,34,36H,1-4H3;1H2. The number of hydrogen-bond donors (Lipinski definition) is 1. The number of hydrogen-bond acceptors (Lipinski definition) is 5. The van der Waals surface area contributed by atoms with Gasteiger partial charge in [-0.15, -0.1) is 0 Å². The number of ether oxygens (including phenoxy) is 2. The van der Waals surface area contributed by atoms with Crippen LogP contribution in [0.4, 0.5) is 0 Å². The quantitative estimate of drug-likeness (QED) is 0.119. The summed E-state index contributed by atoms with van der Waals surface area (Å²) in [6.45, 7) is 3.94. The molecule has 0 heterocycles. The van der Waals surface area contributed by atoms with E-state index in [1.165, 1.54) is 0 Å². The van der Waals surface area contributed by atoms with Gasteiger partial charge in [-0.05, 0) is 62.5 Å². The SMILES string of the molecule is COc1ccc2cc(C(C)C(=O)c3ccc(C(OO)C(C)c4ccc5cc(OC)ccc5c4)cc3)ccc2c1.O. The second-order valence-electron chi connectivity index (χ2n) is 9.97. The highest BCUT2D eigenvalue weighted by Gasteiger charge is 2.24. The van der Waals surface area contributed by atoms with Gasteiger partial charge in [0.05, 0.1) is 14.2 Å². The molecular weight excluding hydrogens is 504 g/mol. The summed E-state index contributed by atoms with van der Waals surface area (Å²) in [4.78, 5) is 18.3. The summed E-state index contributed by atoms with van der Waals surface area (Å²) >= 11 is 0. The summed E-state index contributed by atoms with van der Waals surface area (Å²) in [5.41, 5.74) is 3.41. The zero-order valence-corrected chi connectivity index (χ0v) is 23.0. The summed E-state index contributed by atoms with van der Waals surface area (Å²) in [6, 6.07) is 31.5. The fourth-order valence-corrected chi connectivity index (χ4v) is 5.15. The van der Waals surface area contributed by atoms with Crippen LogP contribution in [0.2, 0.25) is 0 Å². The van der Waals surface area contributed by atoms with Gasteiger partial charge in [-0.2, -0.15) is 0 Å². The van der Waals surface area contributed by atoms with Crippen LogP contribution in [0, 0.1) is 0 Å². The van der Waals surface area contributed by atoms with E-state index in [4.69, 9.17) is 14.4 Å². The molecule has 6 nitrogen and oxygen atoms in total. The Balaban J connectivity index is 0.00000370. The molecule has 6 heteroatoms. The van der Waals surface area contributed by atoms with Crippen molar-refractivity contribution < 1.29 is 29.9 Å². The van der Waals surface area contributed by atoms with Crippen LogP contribution in [0.5, 0.6) is 11.5 Å². The van der Waals surface area contributed by atoms with Crippen LogP contribution in [-0.2, 0) is 4.89 Å². The predicted octanol–water partition coefficient (Wildman–Crippen LogP) is 7.51. The summed E-state index contributed by atoms with van der Waals surface area (Å²) in [7, 11) is 3.31. The maximum atomic E-state index is 13.3. The maximum Gasteiger partial charge on any atom is 0.170 e. The minimum Gasteiger partial charge on any atom is -0.497 e. The molecule has 0 amide bonds. The molecule has 0 bridgehead atoms. The number of benzene rings is 5. The average Bonchev–Trinajstić information content (AvgIpc) is 2.99. The summed E-state index contributed by atoms with van der Waals surface area (Å²) < 4.78 is 10.6. The third-order valence-electron chi connectivity index (χ3n) is 7.65. The summed E-state index contributed by atoms with van der Waals surface area (Å²) in [6.07, 6.45) is -0.584. The van der Waals surface area contributed by atoms with Gasteiger partial charge in [-0.3, -0.25) is 10.1 Å². The first-order valence-corrected chi connectivity index (χ1v) is 13.0. The highest BCUT2D eigenvalue weighted by atomic mass is 17.1. The van der Waals surface area contributed by atoms with Crippen molar-refractivity contribution in [3.05, 3.63) is 119 Å². The smallest absolute Gasteiger partial charge is 0.170 e. The molecule has 0 saturated heterocycles. The van der Waals surface area contributed by atoms with E-state index in [1.807, 2.05) is 98.8 Å². The highest BCUT2D eigenvalue weighted by molar-refractivity contribution is 6.01. The molecule has 5 aromatic carbocycles. The highest BCUT2D eigenvalue weighted by Crippen LogP contribution is 2.36. The van der Waals surface area contributed by atoms with Gasteiger partial charge in [0, 0.05) is 17.4 Å². The van der Waals surface area contributed by atoms with Crippen LogP contribution in [-0.4, -0.2) is 30.7 Å². The van der Waals surface area contributed by atoms with E-state index in [9.17, 15) is 10.1 Å². The fourth-order valence-electron chi connectivity index (χ4n) is 5.15. The van der Waals surface area contributed by atoms with E-state index in [0.717, 1.165) is 49.7 Å². The van der Waals surface area contributed by atoms with E-state index >= 15 is 0 Å². The Labute approximate surface area is 234 Å². The molecule has 5 aromatic rings. The van der Waals surface area contributed by atoms with Gasteiger partial charge in [-0.25, -0.2) is 4.89 Å². The molecule has 0 fully saturated rings. The van der Waals surface area contributed by atoms with Crippen molar-refractivity contribution in [1.82, 2.24) is 0 Å². The Kier molecular flexibility index (Phi) is 8.85. The molecule has 0 aromatic heterocycles. The van der Waals surface area contributed by atoms with Crippen LogP contribution in [0.15, 0.2) is 97.1 Å². The van der Waals surface area contributed by atoms with Crippen molar-refractivity contribution in [2.45, 2.75) is 31.8 Å². The first-order valence-electron chi connectivity index (χ1n) is 13.0. The first-order chi connectivity index (χ1) is 18.9. The third-order valence-corrected chi connectivity index (χ3v) is 7.65. The maximum absolute atomic E-state index is 13.3. The Morgan fingerprint density at radius 2 is 1.07 bits per heavy atom. The number of carbonyl (C=O) groups is 1. The third kappa shape index (κ3) is 5.70. The number of rotatable bonds is 9. The summed E-state index contributed by atoms with van der Waals surface area (Å²) in [5, 5.41) is 14.1. The minimum absolute atomic E-state index is 0. The van der Waals surface area contributed by atoms with Crippen molar-refractivity contribution in [2.24, 2.45) is 0 Å². The van der Waals surface area contributed by atoms with Crippen LogP contribution >= 0.6 is 0 Å². The van der Waals surface area contributed by atoms with Gasteiger partial charge in [0.1, 0.15) is 17.6 Å². The van der Waals surface area contributed by atoms with Gasteiger partial charge < -0.3 is 14.9 Å². The number of Topliss-reactive ketones (excluding diaryl/α,β-unsaturated/α-hetero) is 1. The lowest BCUT2D eigenvalue weighted by Gasteiger charge is -2.22. The molecule has 0 aliphatic carbocycles. The fraction of sp³-hybridized carbons (Fsp3) is 0.206. The van der Waals surface area contributed by atoms with Crippen LogP contribution in [0.1, 0.15) is 58.8 Å². The lowest BCUT2D eigenvalue weighted by molar-refractivity contribution is -0.286. The first kappa shape index (κ1) is 28.8. The molecule has 0 spiro atoms. The number of carbonyl (C=O) groups excluding carboxylic acids is 1. The molecule has 3 N–H and O–H groups in total. The lowest BCUT2D eigenvalue weighted by Crippen LogP contribution is -2.13. The zero-order chi connectivity index (χ0) is 27.5. The molecule has 206 valence electrons. The number of fused-ring (bicyclic) bond motifs is 2. The Hall–Kier alpha value is -4.23. The van der Waals surface area contributed by atoms with Gasteiger partial charge in [0.2, 0.25) is 0 Å². The lowest BCUT2D eigenvalue weighted by atomic mass is 9.87. The van der Waals surface area contributed by atoms with Crippen LogP contribution in [0.25, 0.3) is 21.5 Å². The Bertz CT molecular complexity index is 1630. The predicted molar refractivity (Wildman–Crippen MR) is 159 cm³/mol. The van der Waals surface area contributed by atoms with Crippen molar-refractivity contribution in [2.75, 3.05) is 14.2 Å². The number of methoxy groups -OCH3 is 2. The van der Waals surface area contributed by atoms with Crippen molar-refractivity contribution >= 4 is 27.3 Å². The molecule has 0 saturated carbocycles. The molecular formula is C34H34O6. The molecule has 0 radical (unpaired) electrons. The van der Waals surface area contributed by atoms with Gasteiger partial charge in [0.25, 0.3) is 0 Å². The molecule has 40 heavy (non-hydrogen) atoms. The second-order valence-corrected chi connectivity index (χ2v) is 9.97. The minimum atomic E-state index is -0.584. The van der Waals surface area contributed by atoms with Gasteiger partial charge in [0.15, 0.2) is 5.78 Å². The average molecular weight is 539 g/mol. The van der Waals surface area contributed by atoms with E-state index in [0.29, 0.717) is 5.56 Å². The van der Waals surface area contributed by atoms with Crippen LogP contribution in [0.3, 0.4) is 0 Å². The number of ketones is 1. The van der Waals surface area contributed by atoms with Gasteiger partial charge in [-0.1, -0.05) is 86.6 Å². The molecule has 3 atom stereocenters. The van der Waals surface area contributed by atoms with Crippen molar-refractivity contribution in [1.29, 1.82) is 0 Å². The molecule has 0 aliphatic rings. The van der Waals surface area contributed by atoms with Gasteiger partial charge >= 0.3 is 0 Å². The molecule has 0 aliphatic heterocycles. The van der Waals surface area contributed by atoms with E-state index in [-0.39, 0.29) is 23.1 Å². The van der Waals surface area contributed by atoms with Crippen molar-refractivity contribution in [3.63, 3.8) is 0 Å². The second kappa shape index (κ2) is 12.3. The Morgan fingerprint density at radius 3 is 1.60 bits per heavy atom. The van der Waals surface area contributed by atoms with E-state index in [2.05, 4.69) is 12.1 Å². The summed E-state index contributed by atoms with van der Waals surface area (Å²) in [5.74, 6) is 1.22. The largest absolute Gasteiger partial charge is 0.497 e. The van der Waals surface area contributed by atoms with Crippen LogP contribution < -0.4 is 9.47 Å². The normalized spacial score (nSPS) is 13.3.